The van der Waals surface area contributed by atoms with Gasteiger partial charge in [0.2, 0.25) is 5.91 Å². The van der Waals surface area contributed by atoms with Crippen molar-refractivity contribution in [3.05, 3.63) is 38.3 Å². The zero-order chi connectivity index (χ0) is 14.0. The average Bonchev–Trinajstić information content (AvgIpc) is 2.86. The molecule has 0 aromatic carbocycles. The molecule has 0 saturated heterocycles. The Morgan fingerprint density at radius 2 is 2.21 bits per heavy atom. The van der Waals surface area contributed by atoms with Crippen LogP contribution in [-0.4, -0.2) is 15.7 Å². The SMILES string of the molecule is Cc1nn(C)c(C)c1CC(=O)NCc1ccc(Cl)s1. The number of nitrogens with zero attached hydrogens (tertiary/aromatic N) is 2. The minimum absolute atomic E-state index is 0.00345. The molecule has 0 aliphatic rings. The minimum atomic E-state index is 0.00345. The number of thiophene rings is 1. The Morgan fingerprint density at radius 3 is 2.74 bits per heavy atom. The highest BCUT2D eigenvalue weighted by molar-refractivity contribution is 7.16. The van der Waals surface area contributed by atoms with Crippen molar-refractivity contribution in [2.24, 2.45) is 7.05 Å². The van der Waals surface area contributed by atoms with Crippen molar-refractivity contribution in [1.82, 2.24) is 15.1 Å². The smallest absolute Gasteiger partial charge is 0.224 e. The lowest BCUT2D eigenvalue weighted by Gasteiger charge is -2.04. The van der Waals surface area contributed by atoms with Gasteiger partial charge in [-0.1, -0.05) is 11.6 Å². The van der Waals surface area contributed by atoms with Gasteiger partial charge in [-0.2, -0.15) is 5.10 Å². The van der Waals surface area contributed by atoms with Crippen molar-refractivity contribution in [3.8, 4) is 0 Å². The summed E-state index contributed by atoms with van der Waals surface area (Å²) in [7, 11) is 1.89. The predicted molar refractivity (Wildman–Crippen MR) is 77.6 cm³/mol. The van der Waals surface area contributed by atoms with Gasteiger partial charge < -0.3 is 5.32 Å². The molecule has 102 valence electrons. The molecule has 0 saturated carbocycles. The monoisotopic (exact) mass is 297 g/mol. The summed E-state index contributed by atoms with van der Waals surface area (Å²) in [5.41, 5.74) is 2.95. The predicted octanol–water partition coefficient (Wildman–Crippen LogP) is 2.61. The number of carbonyl (C=O) groups is 1. The lowest BCUT2D eigenvalue weighted by atomic mass is 10.1. The molecular weight excluding hydrogens is 282 g/mol. The fourth-order valence-electron chi connectivity index (χ4n) is 1.93. The molecule has 19 heavy (non-hydrogen) atoms. The van der Waals surface area contributed by atoms with Crippen molar-refractivity contribution >= 4 is 28.8 Å². The molecule has 0 unspecified atom stereocenters. The fraction of sp³-hybridized carbons (Fsp3) is 0.385. The number of hydrogen-bond donors (Lipinski definition) is 1. The van der Waals surface area contributed by atoms with Gasteiger partial charge in [-0.3, -0.25) is 9.48 Å². The van der Waals surface area contributed by atoms with E-state index in [0.717, 1.165) is 26.2 Å². The molecule has 2 aromatic rings. The third-order valence-corrected chi connectivity index (χ3v) is 4.32. The van der Waals surface area contributed by atoms with Gasteiger partial charge in [-0.15, -0.1) is 11.3 Å². The zero-order valence-corrected chi connectivity index (χ0v) is 12.7. The van der Waals surface area contributed by atoms with Gasteiger partial charge in [0, 0.05) is 23.2 Å². The van der Waals surface area contributed by atoms with Crippen LogP contribution >= 0.6 is 22.9 Å². The van der Waals surface area contributed by atoms with Crippen LogP contribution in [0.5, 0.6) is 0 Å². The summed E-state index contributed by atoms with van der Waals surface area (Å²) < 4.78 is 2.54. The van der Waals surface area contributed by atoms with Gasteiger partial charge in [0.25, 0.3) is 0 Å². The number of rotatable bonds is 4. The van der Waals surface area contributed by atoms with Crippen LogP contribution in [0.2, 0.25) is 4.34 Å². The molecule has 6 heteroatoms. The lowest BCUT2D eigenvalue weighted by molar-refractivity contribution is -0.120. The Bertz CT molecular complexity index is 603. The highest BCUT2D eigenvalue weighted by atomic mass is 35.5. The van der Waals surface area contributed by atoms with E-state index in [-0.39, 0.29) is 5.91 Å². The first kappa shape index (κ1) is 14.1. The second-order valence-electron chi connectivity index (χ2n) is 4.43. The molecule has 0 aliphatic carbocycles. The first-order valence-corrected chi connectivity index (χ1v) is 7.17. The van der Waals surface area contributed by atoms with Crippen molar-refractivity contribution < 1.29 is 4.79 Å². The van der Waals surface area contributed by atoms with Gasteiger partial charge in [0.1, 0.15) is 0 Å². The van der Waals surface area contributed by atoms with Gasteiger partial charge in [0.15, 0.2) is 0 Å². The molecule has 0 fully saturated rings. The molecular formula is C13H16ClN3OS. The Kier molecular flexibility index (Phi) is 4.27. The van der Waals surface area contributed by atoms with E-state index in [1.807, 2.05) is 33.0 Å². The molecule has 0 atom stereocenters. The quantitative estimate of drug-likeness (QED) is 0.943. The third-order valence-electron chi connectivity index (χ3n) is 3.08. The van der Waals surface area contributed by atoms with Crippen LogP contribution < -0.4 is 5.32 Å². The number of aromatic nitrogens is 2. The van der Waals surface area contributed by atoms with Crippen LogP contribution in [0, 0.1) is 13.8 Å². The molecule has 2 heterocycles. The largest absolute Gasteiger partial charge is 0.351 e. The van der Waals surface area contributed by atoms with Crippen LogP contribution in [0.3, 0.4) is 0 Å². The normalized spacial score (nSPS) is 10.7. The zero-order valence-electron chi connectivity index (χ0n) is 11.2. The molecule has 4 nitrogen and oxygen atoms in total. The van der Waals surface area contributed by atoms with E-state index >= 15 is 0 Å². The first-order chi connectivity index (χ1) is 8.97. The number of halogens is 1. The van der Waals surface area contributed by atoms with Crippen molar-refractivity contribution in [2.75, 3.05) is 0 Å². The maximum Gasteiger partial charge on any atom is 0.224 e. The Labute approximate surface area is 121 Å². The summed E-state index contributed by atoms with van der Waals surface area (Å²) >= 11 is 7.33. The second-order valence-corrected chi connectivity index (χ2v) is 6.23. The van der Waals surface area contributed by atoms with E-state index in [0.29, 0.717) is 13.0 Å². The summed E-state index contributed by atoms with van der Waals surface area (Å²) in [6.45, 7) is 4.42. The molecule has 0 bridgehead atoms. The van der Waals surface area contributed by atoms with E-state index in [9.17, 15) is 4.79 Å². The molecule has 0 radical (unpaired) electrons. The standard InChI is InChI=1S/C13H16ClN3OS/c1-8-11(9(2)17(3)16-8)6-13(18)15-7-10-4-5-12(14)19-10/h4-5H,6-7H2,1-3H3,(H,15,18). The lowest BCUT2D eigenvalue weighted by Crippen LogP contribution is -2.24. The summed E-state index contributed by atoms with van der Waals surface area (Å²) in [5.74, 6) is 0.00345. The van der Waals surface area contributed by atoms with Crippen LogP contribution in [0.15, 0.2) is 12.1 Å². The van der Waals surface area contributed by atoms with E-state index in [1.165, 1.54) is 11.3 Å². The van der Waals surface area contributed by atoms with Crippen LogP contribution in [-0.2, 0) is 24.8 Å². The van der Waals surface area contributed by atoms with E-state index in [4.69, 9.17) is 11.6 Å². The molecule has 1 N–H and O–H groups in total. The number of aryl methyl sites for hydroxylation is 2. The molecule has 0 spiro atoms. The van der Waals surface area contributed by atoms with Gasteiger partial charge in [0.05, 0.1) is 23.0 Å². The number of nitrogens with one attached hydrogen (secondary N) is 1. The topological polar surface area (TPSA) is 46.9 Å². The van der Waals surface area contributed by atoms with E-state index < -0.39 is 0 Å². The summed E-state index contributed by atoms with van der Waals surface area (Å²) in [6, 6.07) is 3.76. The van der Waals surface area contributed by atoms with Crippen molar-refractivity contribution in [2.45, 2.75) is 26.8 Å². The summed E-state index contributed by atoms with van der Waals surface area (Å²) in [5, 5.41) is 7.21. The van der Waals surface area contributed by atoms with Gasteiger partial charge in [-0.05, 0) is 26.0 Å². The molecule has 0 aliphatic heterocycles. The molecule has 2 rings (SSSR count). The Hall–Kier alpha value is -1.33. The maximum atomic E-state index is 11.9. The van der Waals surface area contributed by atoms with Gasteiger partial charge >= 0.3 is 0 Å². The van der Waals surface area contributed by atoms with E-state index in [2.05, 4.69) is 10.4 Å². The summed E-state index contributed by atoms with van der Waals surface area (Å²) in [4.78, 5) is 13.0. The summed E-state index contributed by atoms with van der Waals surface area (Å²) in [6.07, 6.45) is 0.366. The first-order valence-electron chi connectivity index (χ1n) is 5.97. The van der Waals surface area contributed by atoms with E-state index in [1.54, 1.807) is 4.68 Å². The fourth-order valence-corrected chi connectivity index (χ4v) is 2.96. The third kappa shape index (κ3) is 3.36. The molecule has 2 aromatic heterocycles. The number of hydrogen-bond acceptors (Lipinski definition) is 3. The Morgan fingerprint density at radius 1 is 1.47 bits per heavy atom. The van der Waals surface area contributed by atoms with Crippen LogP contribution in [0.1, 0.15) is 21.8 Å². The number of amides is 1. The highest BCUT2D eigenvalue weighted by Crippen LogP contribution is 2.21. The van der Waals surface area contributed by atoms with Crippen molar-refractivity contribution in [3.63, 3.8) is 0 Å². The number of carbonyl (C=O) groups excluding carboxylic acids is 1. The highest BCUT2D eigenvalue weighted by Gasteiger charge is 2.13. The van der Waals surface area contributed by atoms with Crippen molar-refractivity contribution in [1.29, 1.82) is 0 Å². The van der Waals surface area contributed by atoms with Crippen LogP contribution in [0.25, 0.3) is 0 Å². The van der Waals surface area contributed by atoms with Gasteiger partial charge in [-0.25, -0.2) is 0 Å². The maximum absolute atomic E-state index is 11.9. The Balaban J connectivity index is 1.94. The van der Waals surface area contributed by atoms with Crippen LogP contribution in [0.4, 0.5) is 0 Å². The molecule has 1 amide bonds. The second kappa shape index (κ2) is 5.75. The minimum Gasteiger partial charge on any atom is -0.351 e. The average molecular weight is 298 g/mol.